The summed E-state index contributed by atoms with van der Waals surface area (Å²) in [4.78, 5) is 51.5. The predicted octanol–water partition coefficient (Wildman–Crippen LogP) is 3.86. The van der Waals surface area contributed by atoms with Crippen LogP contribution in [0, 0.1) is 0 Å². The van der Waals surface area contributed by atoms with Crippen molar-refractivity contribution < 1.29 is 28.7 Å². The van der Waals surface area contributed by atoms with Crippen molar-refractivity contribution in [3.8, 4) is 0 Å². The van der Waals surface area contributed by atoms with E-state index in [1.807, 2.05) is 30.3 Å². The lowest BCUT2D eigenvalue weighted by atomic mass is 10.1. The molecule has 188 valence electrons. The Hall–Kier alpha value is -4.72. The van der Waals surface area contributed by atoms with Gasteiger partial charge in [-0.25, -0.2) is 9.59 Å². The fourth-order valence-corrected chi connectivity index (χ4v) is 4.05. The molecular formula is C29H26N2O6. The highest BCUT2D eigenvalue weighted by Gasteiger charge is 2.25. The minimum Gasteiger partial charge on any atom is -0.467 e. The molecule has 8 nitrogen and oxygen atoms in total. The molecule has 0 radical (unpaired) electrons. The molecule has 0 spiro atoms. The molecule has 0 aliphatic carbocycles. The molecule has 0 unspecified atom stereocenters. The summed E-state index contributed by atoms with van der Waals surface area (Å²) in [6, 6.07) is 21.5. The highest BCUT2D eigenvalue weighted by molar-refractivity contribution is 6.11. The number of fused-ring (bicyclic) bond motifs is 1. The number of methoxy groups -OCH3 is 1. The van der Waals surface area contributed by atoms with Gasteiger partial charge in [0.25, 0.3) is 5.91 Å². The summed E-state index contributed by atoms with van der Waals surface area (Å²) < 4.78 is 11.6. The number of esters is 2. The Bertz CT molecular complexity index is 1440. The number of pyridine rings is 1. The molecule has 0 bridgehead atoms. The molecule has 37 heavy (non-hydrogen) atoms. The van der Waals surface area contributed by atoms with Crippen LogP contribution in [0.3, 0.4) is 0 Å². The Balaban J connectivity index is 1.69. The first-order valence-corrected chi connectivity index (χ1v) is 11.8. The van der Waals surface area contributed by atoms with Crippen molar-refractivity contribution in [3.63, 3.8) is 0 Å². The van der Waals surface area contributed by atoms with Gasteiger partial charge >= 0.3 is 11.9 Å². The van der Waals surface area contributed by atoms with Gasteiger partial charge in [0.1, 0.15) is 6.04 Å². The largest absolute Gasteiger partial charge is 0.467 e. The summed E-state index contributed by atoms with van der Waals surface area (Å²) in [6.07, 6.45) is 1.80. The molecule has 1 amide bonds. The van der Waals surface area contributed by atoms with Crippen LogP contribution in [0.5, 0.6) is 0 Å². The van der Waals surface area contributed by atoms with Crippen LogP contribution in [-0.4, -0.2) is 47.8 Å². The smallest absolute Gasteiger partial charge is 0.340 e. The number of carbonyl (C=O) groups is 4. The van der Waals surface area contributed by atoms with E-state index in [0.29, 0.717) is 11.1 Å². The van der Waals surface area contributed by atoms with Crippen molar-refractivity contribution in [2.75, 3.05) is 13.7 Å². The van der Waals surface area contributed by atoms with Gasteiger partial charge in [0.05, 0.1) is 30.5 Å². The first-order chi connectivity index (χ1) is 17.9. The first-order valence-electron chi connectivity index (χ1n) is 11.8. The van der Waals surface area contributed by atoms with Crippen LogP contribution in [0.1, 0.15) is 49.3 Å². The molecule has 2 aromatic heterocycles. The van der Waals surface area contributed by atoms with Gasteiger partial charge in [-0.2, -0.15) is 0 Å². The van der Waals surface area contributed by atoms with Crippen molar-refractivity contribution in [2.24, 2.45) is 0 Å². The topological polar surface area (TPSA) is 103 Å². The number of amides is 1. The van der Waals surface area contributed by atoms with Gasteiger partial charge in [-0.15, -0.1) is 0 Å². The van der Waals surface area contributed by atoms with Crippen LogP contribution in [-0.2, 0) is 20.7 Å². The van der Waals surface area contributed by atoms with Crippen LogP contribution in [0.15, 0.2) is 85.1 Å². The van der Waals surface area contributed by atoms with E-state index in [1.54, 1.807) is 47.9 Å². The third-order valence-electron chi connectivity index (χ3n) is 5.87. The Morgan fingerprint density at radius 1 is 0.892 bits per heavy atom. The van der Waals surface area contributed by atoms with Crippen LogP contribution < -0.4 is 5.32 Å². The number of nitrogens with zero attached hydrogens (tertiary/aromatic N) is 1. The highest BCUT2D eigenvalue weighted by atomic mass is 16.5. The zero-order valence-corrected chi connectivity index (χ0v) is 20.5. The number of ketones is 1. The fraction of sp³-hybridized carbons (Fsp3) is 0.172. The van der Waals surface area contributed by atoms with Gasteiger partial charge < -0.3 is 19.2 Å². The van der Waals surface area contributed by atoms with Crippen molar-refractivity contribution in [2.45, 2.75) is 19.4 Å². The fourth-order valence-electron chi connectivity index (χ4n) is 4.05. The van der Waals surface area contributed by atoms with E-state index in [9.17, 15) is 19.2 Å². The second-order valence-corrected chi connectivity index (χ2v) is 8.27. The molecule has 2 heterocycles. The highest BCUT2D eigenvalue weighted by Crippen LogP contribution is 2.22. The minimum absolute atomic E-state index is 0.151. The van der Waals surface area contributed by atoms with E-state index in [4.69, 9.17) is 9.47 Å². The summed E-state index contributed by atoms with van der Waals surface area (Å²) in [5, 5.41) is 2.72. The van der Waals surface area contributed by atoms with E-state index < -0.39 is 23.9 Å². The molecular weight excluding hydrogens is 472 g/mol. The van der Waals surface area contributed by atoms with Crippen LogP contribution >= 0.6 is 0 Å². The summed E-state index contributed by atoms with van der Waals surface area (Å²) in [5.41, 5.74) is 2.27. The SMILES string of the molecule is CCOC(=O)c1cc(C(=O)c2ccccc2)n2ccc(C(=O)N[C@@H](Cc3ccccc3)C(=O)OC)cc12. The van der Waals surface area contributed by atoms with E-state index >= 15 is 0 Å². The normalized spacial score (nSPS) is 11.5. The molecule has 0 saturated heterocycles. The van der Waals surface area contributed by atoms with E-state index in [0.717, 1.165) is 5.56 Å². The monoisotopic (exact) mass is 498 g/mol. The van der Waals surface area contributed by atoms with Crippen molar-refractivity contribution >= 4 is 29.1 Å². The molecule has 0 aliphatic heterocycles. The van der Waals surface area contributed by atoms with Gasteiger partial charge in [0.2, 0.25) is 5.78 Å². The number of carbonyl (C=O) groups excluding carboxylic acids is 4. The first kappa shape index (κ1) is 25.4. The summed E-state index contributed by atoms with van der Waals surface area (Å²) in [6.45, 7) is 1.84. The maximum atomic E-state index is 13.2. The van der Waals surface area contributed by atoms with Gasteiger partial charge in [0, 0.05) is 23.7 Å². The average Bonchev–Trinajstić information content (AvgIpc) is 3.32. The third kappa shape index (κ3) is 5.59. The number of rotatable bonds is 9. The number of benzene rings is 2. The van der Waals surface area contributed by atoms with E-state index in [1.165, 1.54) is 25.3 Å². The molecule has 0 saturated carbocycles. The molecule has 1 N–H and O–H groups in total. The summed E-state index contributed by atoms with van der Waals surface area (Å²) >= 11 is 0. The lowest BCUT2D eigenvalue weighted by Gasteiger charge is -2.17. The predicted molar refractivity (Wildman–Crippen MR) is 137 cm³/mol. The van der Waals surface area contributed by atoms with Crippen LogP contribution in [0.25, 0.3) is 5.52 Å². The lowest BCUT2D eigenvalue weighted by molar-refractivity contribution is -0.142. The Kier molecular flexibility index (Phi) is 7.78. The Morgan fingerprint density at radius 2 is 1.57 bits per heavy atom. The maximum Gasteiger partial charge on any atom is 0.340 e. The second-order valence-electron chi connectivity index (χ2n) is 8.27. The van der Waals surface area contributed by atoms with Crippen molar-refractivity contribution in [3.05, 3.63) is 113 Å². The summed E-state index contributed by atoms with van der Waals surface area (Å²) in [7, 11) is 1.26. The molecule has 4 rings (SSSR count). The van der Waals surface area contributed by atoms with Crippen molar-refractivity contribution in [1.29, 1.82) is 0 Å². The van der Waals surface area contributed by atoms with E-state index in [2.05, 4.69) is 5.32 Å². The van der Waals surface area contributed by atoms with Gasteiger partial charge in [-0.3, -0.25) is 9.59 Å². The minimum atomic E-state index is -0.914. The molecule has 0 fully saturated rings. The van der Waals surface area contributed by atoms with Crippen LogP contribution in [0.2, 0.25) is 0 Å². The lowest BCUT2D eigenvalue weighted by Crippen LogP contribution is -2.43. The second kappa shape index (κ2) is 11.3. The Labute approximate surface area is 213 Å². The van der Waals surface area contributed by atoms with Gasteiger partial charge in [-0.05, 0) is 30.7 Å². The number of hydrogen-bond donors (Lipinski definition) is 1. The van der Waals surface area contributed by atoms with Crippen LogP contribution in [0.4, 0.5) is 0 Å². The zero-order valence-electron chi connectivity index (χ0n) is 20.5. The Morgan fingerprint density at radius 3 is 2.22 bits per heavy atom. The molecule has 4 aromatic rings. The molecule has 8 heteroatoms. The third-order valence-corrected chi connectivity index (χ3v) is 5.87. The maximum absolute atomic E-state index is 13.2. The summed E-state index contributed by atoms with van der Waals surface area (Å²) in [5.74, 6) is -2.00. The number of ether oxygens (including phenoxy) is 2. The van der Waals surface area contributed by atoms with Gasteiger partial charge in [-0.1, -0.05) is 60.7 Å². The van der Waals surface area contributed by atoms with Crippen molar-refractivity contribution in [1.82, 2.24) is 9.72 Å². The number of aromatic nitrogens is 1. The quantitative estimate of drug-likeness (QED) is 0.278. The average molecular weight is 499 g/mol. The molecule has 0 aliphatic rings. The zero-order chi connectivity index (χ0) is 26.4. The van der Waals surface area contributed by atoms with E-state index in [-0.39, 0.29) is 35.6 Å². The number of nitrogens with one attached hydrogen (secondary N) is 1. The number of hydrogen-bond acceptors (Lipinski definition) is 6. The van der Waals surface area contributed by atoms with Gasteiger partial charge in [0.15, 0.2) is 0 Å². The molecule has 1 atom stereocenters. The standard InChI is InChI=1S/C29H26N2O6/c1-3-37-28(34)22-18-25(26(32)20-12-8-5-9-13-20)31-15-14-21(17-24(22)31)27(33)30-23(29(35)36-2)16-19-10-6-4-7-11-19/h4-15,17-18,23H,3,16H2,1-2H3,(H,30,33)/t23-/m0/s1. The molecule has 2 aromatic carbocycles.